The number of nitrogens with one attached hydrogen (secondary N) is 2. The number of nitrogens with zero attached hydrogens (tertiary/aromatic N) is 1. The minimum atomic E-state index is -3.44. The largest absolute Gasteiger partial charge is 0.497 e. The van der Waals surface area contributed by atoms with Gasteiger partial charge in [-0.3, -0.25) is 14.5 Å². The first-order chi connectivity index (χ1) is 14.1. The van der Waals surface area contributed by atoms with Gasteiger partial charge in [-0.1, -0.05) is 18.5 Å². The van der Waals surface area contributed by atoms with Gasteiger partial charge in [-0.15, -0.1) is 0 Å². The van der Waals surface area contributed by atoms with E-state index in [0.717, 1.165) is 6.26 Å². The summed E-state index contributed by atoms with van der Waals surface area (Å²) >= 11 is 6.06. The Balaban J connectivity index is 1.96. The van der Waals surface area contributed by atoms with Gasteiger partial charge in [0.15, 0.2) is 9.84 Å². The lowest BCUT2D eigenvalue weighted by atomic mass is 10.3. The molecule has 0 saturated heterocycles. The second-order valence-electron chi connectivity index (χ2n) is 6.54. The van der Waals surface area contributed by atoms with Crippen LogP contribution < -0.4 is 15.4 Å². The van der Waals surface area contributed by atoms with Gasteiger partial charge in [-0.05, 0) is 49.0 Å². The molecular formula is C20H24ClN3O5S. The molecule has 2 N–H and O–H groups in total. The third kappa shape index (κ3) is 7.01. The molecule has 8 nitrogen and oxygen atoms in total. The van der Waals surface area contributed by atoms with Crippen molar-refractivity contribution in [1.82, 2.24) is 4.90 Å². The van der Waals surface area contributed by atoms with E-state index in [4.69, 9.17) is 16.3 Å². The van der Waals surface area contributed by atoms with Crippen molar-refractivity contribution < 1.29 is 22.7 Å². The number of methoxy groups -OCH3 is 1. The molecule has 0 fully saturated rings. The third-order valence-electron chi connectivity index (χ3n) is 4.20. The summed E-state index contributed by atoms with van der Waals surface area (Å²) in [4.78, 5) is 26.4. The van der Waals surface area contributed by atoms with Gasteiger partial charge in [0, 0.05) is 11.9 Å². The minimum absolute atomic E-state index is 0.00700. The number of carbonyl (C=O) groups is 2. The monoisotopic (exact) mass is 453 g/mol. The van der Waals surface area contributed by atoms with Gasteiger partial charge in [0.05, 0.1) is 35.8 Å². The van der Waals surface area contributed by atoms with E-state index in [9.17, 15) is 18.0 Å². The highest BCUT2D eigenvalue weighted by atomic mass is 35.5. The molecule has 0 heterocycles. The first-order valence-corrected chi connectivity index (χ1v) is 11.3. The molecular weight excluding hydrogens is 430 g/mol. The van der Waals surface area contributed by atoms with Gasteiger partial charge < -0.3 is 15.4 Å². The topological polar surface area (TPSA) is 105 Å². The molecule has 30 heavy (non-hydrogen) atoms. The number of anilines is 2. The maximum Gasteiger partial charge on any atom is 0.238 e. The number of benzene rings is 2. The maximum absolute atomic E-state index is 12.4. The molecule has 0 aliphatic rings. The lowest BCUT2D eigenvalue weighted by molar-refractivity contribution is -0.119. The van der Waals surface area contributed by atoms with Crippen molar-refractivity contribution in [3.63, 3.8) is 0 Å². The minimum Gasteiger partial charge on any atom is -0.497 e. The highest BCUT2D eigenvalue weighted by Crippen LogP contribution is 2.25. The first kappa shape index (κ1) is 23.7. The van der Waals surface area contributed by atoms with E-state index in [-0.39, 0.29) is 34.6 Å². The molecule has 162 valence electrons. The van der Waals surface area contributed by atoms with Crippen molar-refractivity contribution in [2.24, 2.45) is 0 Å². The molecule has 0 aliphatic heterocycles. The summed E-state index contributed by atoms with van der Waals surface area (Å²) in [6, 6.07) is 11.0. The highest BCUT2D eigenvalue weighted by Gasteiger charge is 2.16. The number of carbonyl (C=O) groups excluding carboxylic acids is 2. The molecule has 0 saturated carbocycles. The molecule has 0 unspecified atom stereocenters. The first-order valence-electron chi connectivity index (χ1n) is 9.08. The smallest absolute Gasteiger partial charge is 0.238 e. The Morgan fingerprint density at radius 3 is 2.17 bits per heavy atom. The maximum atomic E-state index is 12.4. The lowest BCUT2D eigenvalue weighted by Crippen LogP contribution is -2.38. The van der Waals surface area contributed by atoms with Crippen LogP contribution in [0.2, 0.25) is 5.02 Å². The van der Waals surface area contributed by atoms with Crippen molar-refractivity contribution in [3.05, 3.63) is 47.5 Å². The van der Waals surface area contributed by atoms with Crippen LogP contribution in [0.15, 0.2) is 47.4 Å². The highest BCUT2D eigenvalue weighted by molar-refractivity contribution is 7.90. The van der Waals surface area contributed by atoms with Gasteiger partial charge in [-0.25, -0.2) is 8.42 Å². The molecule has 0 aromatic heterocycles. The van der Waals surface area contributed by atoms with Crippen LogP contribution in [0, 0.1) is 0 Å². The van der Waals surface area contributed by atoms with Crippen molar-refractivity contribution in [2.75, 3.05) is 43.6 Å². The normalized spacial score (nSPS) is 11.2. The summed E-state index contributed by atoms with van der Waals surface area (Å²) in [5.41, 5.74) is 0.814. The number of rotatable bonds is 9. The van der Waals surface area contributed by atoms with E-state index < -0.39 is 15.7 Å². The van der Waals surface area contributed by atoms with E-state index in [1.807, 2.05) is 6.92 Å². The van der Waals surface area contributed by atoms with Crippen LogP contribution in [0.5, 0.6) is 5.75 Å². The van der Waals surface area contributed by atoms with Gasteiger partial charge in [-0.2, -0.15) is 0 Å². The fourth-order valence-corrected chi connectivity index (χ4v) is 3.39. The van der Waals surface area contributed by atoms with Crippen LogP contribution in [0.3, 0.4) is 0 Å². The fraction of sp³-hybridized carbons (Fsp3) is 0.300. The summed E-state index contributed by atoms with van der Waals surface area (Å²) in [7, 11) is -1.88. The Morgan fingerprint density at radius 2 is 1.63 bits per heavy atom. The number of hydrogen-bond acceptors (Lipinski definition) is 6. The van der Waals surface area contributed by atoms with Crippen LogP contribution in [-0.4, -0.2) is 58.1 Å². The second-order valence-corrected chi connectivity index (χ2v) is 8.96. The summed E-state index contributed by atoms with van der Waals surface area (Å²) in [6.45, 7) is 2.23. The average Bonchev–Trinajstić information content (AvgIpc) is 2.68. The number of ether oxygens (including phenoxy) is 1. The number of hydrogen-bond donors (Lipinski definition) is 2. The van der Waals surface area contributed by atoms with Gasteiger partial charge in [0.25, 0.3) is 0 Å². The van der Waals surface area contributed by atoms with Crippen LogP contribution in [0.1, 0.15) is 6.92 Å². The molecule has 10 heteroatoms. The Kier molecular flexibility index (Phi) is 8.22. The molecule has 2 rings (SSSR count). The third-order valence-corrected chi connectivity index (χ3v) is 5.64. The standard InChI is InChI=1S/C20H24ClN3O5S/c1-4-24(12-19(25)22-14-5-7-15(29-2)8-6-14)13-20(26)23-18-11-16(30(3,27)28)9-10-17(18)21/h5-11H,4,12-13H2,1-3H3,(H,22,25)(H,23,26). The molecule has 0 spiro atoms. The van der Waals surface area contributed by atoms with Gasteiger partial charge in [0.1, 0.15) is 5.75 Å². The Bertz CT molecular complexity index is 1010. The Hall–Kier alpha value is -2.62. The number of amides is 2. The van der Waals surface area contributed by atoms with Crippen LogP contribution in [0.25, 0.3) is 0 Å². The van der Waals surface area contributed by atoms with Crippen molar-refractivity contribution >= 4 is 44.6 Å². The zero-order chi connectivity index (χ0) is 22.3. The predicted octanol–water partition coefficient (Wildman–Crippen LogP) is 2.65. The zero-order valence-corrected chi connectivity index (χ0v) is 18.5. The van der Waals surface area contributed by atoms with Crippen LogP contribution in [-0.2, 0) is 19.4 Å². The Labute approximate surface area is 181 Å². The predicted molar refractivity (Wildman–Crippen MR) is 117 cm³/mol. The molecule has 2 amide bonds. The zero-order valence-electron chi connectivity index (χ0n) is 16.9. The molecule has 0 radical (unpaired) electrons. The number of sulfone groups is 1. The summed E-state index contributed by atoms with van der Waals surface area (Å²) in [6.07, 6.45) is 1.07. The molecule has 0 atom stereocenters. The fourth-order valence-electron chi connectivity index (χ4n) is 2.58. The number of halogens is 1. The van der Waals surface area contributed by atoms with E-state index >= 15 is 0 Å². The summed E-state index contributed by atoms with van der Waals surface area (Å²) in [5, 5.41) is 5.58. The number of likely N-dealkylation sites (N-methyl/N-ethyl adjacent to an activating group) is 1. The van der Waals surface area contributed by atoms with Gasteiger partial charge in [0.2, 0.25) is 11.8 Å². The molecule has 0 aliphatic carbocycles. The quantitative estimate of drug-likeness (QED) is 0.604. The SMILES string of the molecule is CCN(CC(=O)Nc1ccc(OC)cc1)CC(=O)Nc1cc(S(C)(=O)=O)ccc1Cl. The van der Waals surface area contributed by atoms with Gasteiger partial charge >= 0.3 is 0 Å². The summed E-state index contributed by atoms with van der Waals surface area (Å²) in [5.74, 6) is -0.00738. The molecule has 2 aromatic rings. The van der Waals surface area contributed by atoms with Crippen LogP contribution >= 0.6 is 11.6 Å². The van der Waals surface area contributed by atoms with Crippen molar-refractivity contribution in [3.8, 4) is 5.75 Å². The average molecular weight is 454 g/mol. The van der Waals surface area contributed by atoms with Crippen molar-refractivity contribution in [1.29, 1.82) is 0 Å². The van der Waals surface area contributed by atoms with E-state index in [1.165, 1.54) is 18.2 Å². The second kappa shape index (κ2) is 10.4. The molecule has 2 aromatic carbocycles. The van der Waals surface area contributed by atoms with E-state index in [0.29, 0.717) is 18.0 Å². The van der Waals surface area contributed by atoms with E-state index in [1.54, 1.807) is 36.3 Å². The molecule has 0 bridgehead atoms. The van der Waals surface area contributed by atoms with Crippen molar-refractivity contribution in [2.45, 2.75) is 11.8 Å². The van der Waals surface area contributed by atoms with Crippen LogP contribution in [0.4, 0.5) is 11.4 Å². The lowest BCUT2D eigenvalue weighted by Gasteiger charge is -2.19. The van der Waals surface area contributed by atoms with E-state index in [2.05, 4.69) is 10.6 Å². The Morgan fingerprint density at radius 1 is 1.03 bits per heavy atom. The summed E-state index contributed by atoms with van der Waals surface area (Å²) < 4.78 is 28.5.